The Kier molecular flexibility index (Phi) is 6.98. The molecule has 0 bridgehead atoms. The number of phenols is 2. The SMILES string of the molecule is N.N.O=[N+]([O-])c1cc(-c2cc([N+](=O)[O-])cc([N+](=O)[O-])c2O)c(O)c([N+](=O)[O-])c1. The maximum atomic E-state index is 11.0. The van der Waals surface area contributed by atoms with Crippen LogP contribution >= 0.6 is 0 Å². The summed E-state index contributed by atoms with van der Waals surface area (Å²) >= 11 is 0. The van der Waals surface area contributed by atoms with Crippen molar-refractivity contribution in [2.75, 3.05) is 0 Å². The third-order valence-corrected chi connectivity index (χ3v) is 3.25. The molecule has 8 N–H and O–H groups in total. The van der Waals surface area contributed by atoms with Crippen LogP contribution in [0.25, 0.3) is 11.1 Å². The molecule has 0 aromatic heterocycles. The molecule has 2 aromatic rings. The molecular weight excluding hydrogens is 388 g/mol. The maximum absolute atomic E-state index is 11.0. The fourth-order valence-electron chi connectivity index (χ4n) is 2.11. The molecule has 0 saturated carbocycles. The summed E-state index contributed by atoms with van der Waals surface area (Å²) in [4.78, 5) is 39.4. The number of hydrogen-bond acceptors (Lipinski definition) is 12. The number of nitro groups is 4. The Bertz CT molecular complexity index is 912. The monoisotopic (exact) mass is 400 g/mol. The van der Waals surface area contributed by atoms with E-state index in [0.29, 0.717) is 24.3 Å². The Labute approximate surface area is 153 Å². The molecule has 0 spiro atoms. The number of aromatic hydroxyl groups is 2. The van der Waals surface area contributed by atoms with Crippen molar-refractivity contribution in [3.8, 4) is 22.6 Å². The minimum atomic E-state index is -1.16. The highest BCUT2D eigenvalue weighted by Crippen LogP contribution is 2.47. The summed E-state index contributed by atoms with van der Waals surface area (Å²) in [6.45, 7) is 0. The molecule has 28 heavy (non-hydrogen) atoms. The minimum absolute atomic E-state index is 0. The van der Waals surface area contributed by atoms with Gasteiger partial charge in [-0.15, -0.1) is 0 Å². The van der Waals surface area contributed by atoms with Gasteiger partial charge in [0.1, 0.15) is 0 Å². The van der Waals surface area contributed by atoms with Gasteiger partial charge in [-0.25, -0.2) is 0 Å². The van der Waals surface area contributed by atoms with Crippen molar-refractivity contribution in [3.05, 3.63) is 64.7 Å². The Balaban J connectivity index is 0.00000364. The fraction of sp³-hybridized carbons (Fsp3) is 0. The number of benzene rings is 2. The van der Waals surface area contributed by atoms with Crippen LogP contribution in [0.4, 0.5) is 22.7 Å². The van der Waals surface area contributed by atoms with E-state index in [1.54, 1.807) is 0 Å². The molecule has 0 heterocycles. The summed E-state index contributed by atoms with van der Waals surface area (Å²) in [7, 11) is 0. The second kappa shape index (κ2) is 8.29. The predicted molar refractivity (Wildman–Crippen MR) is 91.9 cm³/mol. The molecule has 150 valence electrons. The highest BCUT2D eigenvalue weighted by atomic mass is 16.6. The zero-order valence-electron chi connectivity index (χ0n) is 13.7. The van der Waals surface area contributed by atoms with Crippen LogP contribution in [-0.4, -0.2) is 29.9 Å². The largest absolute Gasteiger partial charge is 0.502 e. The van der Waals surface area contributed by atoms with Gasteiger partial charge < -0.3 is 22.5 Å². The minimum Gasteiger partial charge on any atom is -0.502 e. The first-order valence-electron chi connectivity index (χ1n) is 6.36. The third-order valence-electron chi connectivity index (χ3n) is 3.25. The standard InChI is InChI=1S/C12H6N4O10.2H3N/c17-11-7(1-5(13(19)20)3-9(11)15(23)24)8-2-6(14(21)22)4-10(12(8)18)16(25)26;;/h1-4,17-18H;2*1H3. The Morgan fingerprint density at radius 1 is 0.571 bits per heavy atom. The van der Waals surface area contributed by atoms with Crippen molar-refractivity contribution in [3.63, 3.8) is 0 Å². The van der Waals surface area contributed by atoms with Crippen molar-refractivity contribution >= 4 is 22.7 Å². The normalized spacial score (nSPS) is 9.57. The molecule has 16 heteroatoms. The topological polar surface area (TPSA) is 283 Å². The summed E-state index contributed by atoms with van der Waals surface area (Å²) in [6, 6.07) is 2.04. The van der Waals surface area contributed by atoms with Crippen molar-refractivity contribution in [2.24, 2.45) is 0 Å². The Morgan fingerprint density at radius 3 is 1.07 bits per heavy atom. The van der Waals surface area contributed by atoms with E-state index in [-0.39, 0.29) is 12.3 Å². The molecule has 2 rings (SSSR count). The quantitative estimate of drug-likeness (QED) is 0.416. The number of hydrogen-bond donors (Lipinski definition) is 4. The second-order valence-corrected chi connectivity index (χ2v) is 4.75. The number of nitro benzene ring substituents is 4. The summed E-state index contributed by atoms with van der Waals surface area (Å²) < 4.78 is 0. The lowest BCUT2D eigenvalue weighted by Gasteiger charge is -2.08. The first-order valence-corrected chi connectivity index (χ1v) is 6.36. The van der Waals surface area contributed by atoms with Crippen LogP contribution in [0, 0.1) is 40.5 Å². The average molecular weight is 400 g/mol. The van der Waals surface area contributed by atoms with Gasteiger partial charge in [0, 0.05) is 23.3 Å². The summed E-state index contributed by atoms with van der Waals surface area (Å²) in [5.41, 5.74) is -5.51. The van der Waals surface area contributed by atoms with E-state index in [0.717, 1.165) is 0 Å². The van der Waals surface area contributed by atoms with Crippen LogP contribution in [0.15, 0.2) is 24.3 Å². The van der Waals surface area contributed by atoms with Gasteiger partial charge in [-0.3, -0.25) is 40.5 Å². The summed E-state index contributed by atoms with van der Waals surface area (Å²) in [5.74, 6) is -2.32. The summed E-state index contributed by atoms with van der Waals surface area (Å²) in [6.07, 6.45) is 0. The van der Waals surface area contributed by atoms with Crippen molar-refractivity contribution < 1.29 is 29.9 Å². The molecule has 0 saturated heterocycles. The molecule has 16 nitrogen and oxygen atoms in total. The fourth-order valence-corrected chi connectivity index (χ4v) is 2.11. The van der Waals surface area contributed by atoms with Gasteiger partial charge in [0.15, 0.2) is 0 Å². The highest BCUT2D eigenvalue weighted by molar-refractivity contribution is 5.85. The molecular formula is C12H12N6O10. The molecule has 0 unspecified atom stereocenters. The van der Waals surface area contributed by atoms with Gasteiger partial charge in [0.25, 0.3) is 11.4 Å². The van der Waals surface area contributed by atoms with Crippen LogP contribution in [0.5, 0.6) is 11.5 Å². The third kappa shape index (κ3) is 4.03. The summed E-state index contributed by atoms with van der Waals surface area (Å²) in [5, 5.41) is 63.7. The first-order chi connectivity index (χ1) is 12.0. The number of non-ortho nitro benzene ring substituents is 2. The van der Waals surface area contributed by atoms with Gasteiger partial charge in [-0.05, 0) is 0 Å². The average Bonchev–Trinajstić information content (AvgIpc) is 2.54. The van der Waals surface area contributed by atoms with Crippen molar-refractivity contribution in [2.45, 2.75) is 0 Å². The highest BCUT2D eigenvalue weighted by Gasteiger charge is 2.30. The van der Waals surface area contributed by atoms with E-state index >= 15 is 0 Å². The molecule has 0 radical (unpaired) electrons. The molecule has 2 aromatic carbocycles. The van der Waals surface area contributed by atoms with Crippen LogP contribution in [-0.2, 0) is 0 Å². The number of rotatable bonds is 5. The molecule has 0 aliphatic carbocycles. The van der Waals surface area contributed by atoms with E-state index in [4.69, 9.17) is 0 Å². The van der Waals surface area contributed by atoms with Gasteiger partial charge in [0.05, 0.1) is 31.8 Å². The van der Waals surface area contributed by atoms with Crippen LogP contribution in [0.2, 0.25) is 0 Å². The van der Waals surface area contributed by atoms with E-state index < -0.39 is 65.1 Å². The Hall–Kier alpha value is -4.44. The number of nitrogens with zero attached hydrogens (tertiary/aromatic N) is 4. The van der Waals surface area contributed by atoms with Gasteiger partial charge in [0.2, 0.25) is 11.5 Å². The second-order valence-electron chi connectivity index (χ2n) is 4.75. The van der Waals surface area contributed by atoms with Crippen LogP contribution in [0.3, 0.4) is 0 Å². The maximum Gasteiger partial charge on any atom is 0.318 e. The molecule has 0 amide bonds. The van der Waals surface area contributed by atoms with E-state index in [1.807, 2.05) is 0 Å². The van der Waals surface area contributed by atoms with Crippen molar-refractivity contribution in [1.82, 2.24) is 12.3 Å². The lowest BCUT2D eigenvalue weighted by atomic mass is 10.00. The molecule has 0 fully saturated rings. The van der Waals surface area contributed by atoms with Crippen LogP contribution in [0.1, 0.15) is 0 Å². The van der Waals surface area contributed by atoms with Crippen molar-refractivity contribution in [1.29, 1.82) is 0 Å². The van der Waals surface area contributed by atoms with Gasteiger partial charge in [-0.2, -0.15) is 0 Å². The number of phenolic OH excluding ortho intramolecular Hbond substituents is 2. The lowest BCUT2D eigenvalue weighted by Crippen LogP contribution is -1.98. The van der Waals surface area contributed by atoms with Crippen LogP contribution < -0.4 is 12.3 Å². The van der Waals surface area contributed by atoms with E-state index in [1.165, 1.54) is 0 Å². The molecule has 0 atom stereocenters. The molecule has 0 aliphatic rings. The lowest BCUT2D eigenvalue weighted by molar-refractivity contribution is -0.395. The zero-order chi connectivity index (χ0) is 19.8. The molecule has 0 aliphatic heterocycles. The van der Waals surface area contributed by atoms with Gasteiger partial charge >= 0.3 is 11.4 Å². The predicted octanol–water partition coefficient (Wildman–Crippen LogP) is 2.72. The smallest absolute Gasteiger partial charge is 0.318 e. The zero-order valence-corrected chi connectivity index (χ0v) is 13.7. The Morgan fingerprint density at radius 2 is 0.857 bits per heavy atom. The van der Waals surface area contributed by atoms with Gasteiger partial charge in [-0.1, -0.05) is 0 Å². The van der Waals surface area contributed by atoms with E-state index in [9.17, 15) is 50.7 Å². The first kappa shape index (κ1) is 23.6. The van der Waals surface area contributed by atoms with E-state index in [2.05, 4.69) is 0 Å².